The maximum atomic E-state index is 12.3. The van der Waals surface area contributed by atoms with Crippen LogP contribution in [0.1, 0.15) is 11.1 Å². The lowest BCUT2D eigenvalue weighted by Gasteiger charge is -2.13. The summed E-state index contributed by atoms with van der Waals surface area (Å²) < 4.78 is 5.78. The van der Waals surface area contributed by atoms with Gasteiger partial charge in [-0.05, 0) is 42.7 Å². The van der Waals surface area contributed by atoms with Crippen LogP contribution in [-0.2, 0) is 4.79 Å². The minimum Gasteiger partial charge on any atom is -0.483 e. The smallest absolute Gasteiger partial charge is 0.262 e. The van der Waals surface area contributed by atoms with Gasteiger partial charge in [-0.3, -0.25) is 4.79 Å². The molecule has 0 unspecified atom stereocenters. The normalized spacial score (nSPS) is 10.3. The topological polar surface area (TPSA) is 38.3 Å². The first-order valence-corrected chi connectivity index (χ1v) is 8.28. The van der Waals surface area contributed by atoms with Crippen LogP contribution >= 0.6 is 0 Å². The van der Waals surface area contributed by atoms with Gasteiger partial charge < -0.3 is 10.1 Å². The van der Waals surface area contributed by atoms with Crippen molar-refractivity contribution in [3.05, 3.63) is 83.9 Å². The standard InChI is InChI=1S/C22H21NO2/c1-16-9-8-13-20(17(16)2)23-22(24)15-25-21-14-7-6-12-19(21)18-10-4-3-5-11-18/h3-14H,15H2,1-2H3,(H,23,24). The van der Waals surface area contributed by atoms with Crippen LogP contribution in [-0.4, -0.2) is 12.5 Å². The van der Waals surface area contributed by atoms with Crippen molar-refractivity contribution in [2.75, 3.05) is 11.9 Å². The van der Waals surface area contributed by atoms with Gasteiger partial charge in [0.05, 0.1) is 0 Å². The van der Waals surface area contributed by atoms with Crippen molar-refractivity contribution in [2.24, 2.45) is 0 Å². The molecule has 0 fully saturated rings. The van der Waals surface area contributed by atoms with Crippen LogP contribution < -0.4 is 10.1 Å². The number of hydrogen-bond donors (Lipinski definition) is 1. The maximum absolute atomic E-state index is 12.3. The highest BCUT2D eigenvalue weighted by molar-refractivity contribution is 5.92. The fourth-order valence-electron chi connectivity index (χ4n) is 2.66. The second-order valence-electron chi connectivity index (χ2n) is 5.95. The zero-order valence-electron chi connectivity index (χ0n) is 14.5. The van der Waals surface area contributed by atoms with Crippen LogP contribution in [0.25, 0.3) is 11.1 Å². The van der Waals surface area contributed by atoms with Crippen molar-refractivity contribution in [1.82, 2.24) is 0 Å². The first kappa shape index (κ1) is 16.8. The zero-order chi connectivity index (χ0) is 17.6. The van der Waals surface area contributed by atoms with Gasteiger partial charge in [0.1, 0.15) is 5.75 Å². The zero-order valence-corrected chi connectivity index (χ0v) is 14.5. The predicted molar refractivity (Wildman–Crippen MR) is 102 cm³/mol. The van der Waals surface area contributed by atoms with Gasteiger partial charge in [0, 0.05) is 11.3 Å². The summed E-state index contributed by atoms with van der Waals surface area (Å²) in [7, 11) is 0. The van der Waals surface area contributed by atoms with Gasteiger partial charge in [-0.1, -0.05) is 60.7 Å². The van der Waals surface area contributed by atoms with Crippen molar-refractivity contribution >= 4 is 11.6 Å². The molecule has 126 valence electrons. The molecule has 0 aliphatic heterocycles. The Kier molecular flexibility index (Phi) is 5.14. The summed E-state index contributed by atoms with van der Waals surface area (Å²) in [6.45, 7) is 3.99. The van der Waals surface area contributed by atoms with Gasteiger partial charge in [-0.15, -0.1) is 0 Å². The second-order valence-corrected chi connectivity index (χ2v) is 5.95. The Morgan fingerprint density at radius 1 is 0.880 bits per heavy atom. The minimum atomic E-state index is -0.170. The van der Waals surface area contributed by atoms with Crippen LogP contribution in [0.4, 0.5) is 5.69 Å². The van der Waals surface area contributed by atoms with Gasteiger partial charge in [0.2, 0.25) is 0 Å². The number of ether oxygens (including phenoxy) is 1. The number of amides is 1. The molecule has 0 spiro atoms. The number of aryl methyl sites for hydroxylation is 1. The fourth-order valence-corrected chi connectivity index (χ4v) is 2.66. The lowest BCUT2D eigenvalue weighted by Crippen LogP contribution is -2.21. The number of para-hydroxylation sites is 1. The van der Waals surface area contributed by atoms with Crippen molar-refractivity contribution in [1.29, 1.82) is 0 Å². The molecule has 3 nitrogen and oxygen atoms in total. The SMILES string of the molecule is Cc1cccc(NC(=O)COc2ccccc2-c2ccccc2)c1C. The molecule has 0 saturated heterocycles. The van der Waals surface area contributed by atoms with Crippen molar-refractivity contribution in [3.8, 4) is 16.9 Å². The van der Waals surface area contributed by atoms with Crippen LogP contribution in [0.15, 0.2) is 72.8 Å². The largest absolute Gasteiger partial charge is 0.483 e. The molecule has 3 aromatic carbocycles. The first-order chi connectivity index (χ1) is 12.1. The lowest BCUT2D eigenvalue weighted by molar-refractivity contribution is -0.118. The third-order valence-electron chi connectivity index (χ3n) is 4.21. The average molecular weight is 331 g/mol. The van der Waals surface area contributed by atoms with E-state index in [0.29, 0.717) is 5.75 Å². The van der Waals surface area contributed by atoms with E-state index in [1.807, 2.05) is 86.6 Å². The molecule has 0 aliphatic rings. The molecule has 0 saturated carbocycles. The highest BCUT2D eigenvalue weighted by Crippen LogP contribution is 2.29. The summed E-state index contributed by atoms with van der Waals surface area (Å²) >= 11 is 0. The van der Waals surface area contributed by atoms with E-state index >= 15 is 0 Å². The molecule has 0 radical (unpaired) electrons. The van der Waals surface area contributed by atoms with Crippen LogP contribution in [0.2, 0.25) is 0 Å². The quantitative estimate of drug-likeness (QED) is 0.715. The number of anilines is 1. The molecular weight excluding hydrogens is 310 g/mol. The van der Waals surface area contributed by atoms with Crippen LogP contribution in [0.5, 0.6) is 5.75 Å². The maximum Gasteiger partial charge on any atom is 0.262 e. The Morgan fingerprint density at radius 2 is 1.60 bits per heavy atom. The van der Waals surface area contributed by atoms with E-state index in [1.165, 1.54) is 0 Å². The van der Waals surface area contributed by atoms with Gasteiger partial charge in [-0.25, -0.2) is 0 Å². The molecular formula is C22H21NO2. The molecule has 0 bridgehead atoms. The van der Waals surface area contributed by atoms with Crippen molar-refractivity contribution in [2.45, 2.75) is 13.8 Å². The average Bonchev–Trinajstić information content (AvgIpc) is 2.65. The first-order valence-electron chi connectivity index (χ1n) is 8.28. The van der Waals surface area contributed by atoms with Crippen LogP contribution in [0, 0.1) is 13.8 Å². The number of carbonyl (C=O) groups is 1. The summed E-state index contributed by atoms with van der Waals surface area (Å²) in [5.41, 5.74) is 5.08. The summed E-state index contributed by atoms with van der Waals surface area (Å²) in [4.78, 5) is 12.3. The Hall–Kier alpha value is -3.07. The molecule has 0 heterocycles. The van der Waals surface area contributed by atoms with E-state index in [4.69, 9.17) is 4.74 Å². The highest BCUT2D eigenvalue weighted by Gasteiger charge is 2.10. The molecule has 1 amide bonds. The van der Waals surface area contributed by atoms with Gasteiger partial charge in [0.25, 0.3) is 5.91 Å². The van der Waals surface area contributed by atoms with Gasteiger partial charge >= 0.3 is 0 Å². The molecule has 3 heteroatoms. The summed E-state index contributed by atoms with van der Waals surface area (Å²) in [6.07, 6.45) is 0. The number of rotatable bonds is 5. The van der Waals surface area contributed by atoms with E-state index in [2.05, 4.69) is 5.32 Å². The highest BCUT2D eigenvalue weighted by atomic mass is 16.5. The number of carbonyl (C=O) groups excluding carboxylic acids is 1. The van der Waals surface area contributed by atoms with E-state index in [1.54, 1.807) is 0 Å². The predicted octanol–water partition coefficient (Wildman–Crippen LogP) is 4.99. The summed E-state index contributed by atoms with van der Waals surface area (Å²) in [6, 6.07) is 23.6. The van der Waals surface area contributed by atoms with Crippen molar-refractivity contribution < 1.29 is 9.53 Å². The summed E-state index contributed by atoms with van der Waals surface area (Å²) in [5, 5.41) is 2.92. The molecule has 3 rings (SSSR count). The molecule has 25 heavy (non-hydrogen) atoms. The van der Waals surface area contributed by atoms with E-state index in [9.17, 15) is 4.79 Å². The Labute approximate surface area is 148 Å². The molecule has 0 atom stereocenters. The Balaban J connectivity index is 1.70. The molecule has 1 N–H and O–H groups in total. The van der Waals surface area contributed by atoms with Gasteiger partial charge in [0.15, 0.2) is 6.61 Å². The lowest BCUT2D eigenvalue weighted by atomic mass is 10.1. The van der Waals surface area contributed by atoms with E-state index in [0.717, 1.165) is 27.9 Å². The van der Waals surface area contributed by atoms with Gasteiger partial charge in [-0.2, -0.15) is 0 Å². The van der Waals surface area contributed by atoms with E-state index < -0.39 is 0 Å². The minimum absolute atomic E-state index is 0.0305. The fraction of sp³-hybridized carbons (Fsp3) is 0.136. The number of benzene rings is 3. The monoisotopic (exact) mass is 331 g/mol. The summed E-state index contributed by atoms with van der Waals surface area (Å²) in [5.74, 6) is 0.529. The Bertz CT molecular complexity index is 872. The molecule has 0 aromatic heterocycles. The third-order valence-corrected chi connectivity index (χ3v) is 4.21. The second kappa shape index (κ2) is 7.67. The number of hydrogen-bond acceptors (Lipinski definition) is 2. The number of nitrogens with one attached hydrogen (secondary N) is 1. The Morgan fingerprint density at radius 3 is 2.40 bits per heavy atom. The molecule has 3 aromatic rings. The van der Waals surface area contributed by atoms with Crippen LogP contribution in [0.3, 0.4) is 0 Å². The third kappa shape index (κ3) is 4.07. The van der Waals surface area contributed by atoms with Crippen molar-refractivity contribution in [3.63, 3.8) is 0 Å². The molecule has 0 aliphatic carbocycles. The van der Waals surface area contributed by atoms with E-state index in [-0.39, 0.29) is 12.5 Å².